The van der Waals surface area contributed by atoms with Gasteiger partial charge in [0.05, 0.1) is 26.1 Å². The zero-order valence-electron chi connectivity index (χ0n) is 17.4. The molecular weight excluding hydrogens is 396 g/mol. The summed E-state index contributed by atoms with van der Waals surface area (Å²) in [7, 11) is 3.16. The summed E-state index contributed by atoms with van der Waals surface area (Å²) < 4.78 is 10.3. The number of nitrogens with one attached hydrogen (secondary N) is 2. The van der Waals surface area contributed by atoms with Crippen molar-refractivity contribution in [1.82, 2.24) is 5.32 Å². The number of hydrogen-bond donors (Lipinski definition) is 2. The van der Waals surface area contributed by atoms with E-state index in [0.29, 0.717) is 17.1 Å². The van der Waals surface area contributed by atoms with E-state index in [9.17, 15) is 14.4 Å². The predicted molar refractivity (Wildman–Crippen MR) is 115 cm³/mol. The van der Waals surface area contributed by atoms with E-state index in [4.69, 9.17) is 9.47 Å². The minimum absolute atomic E-state index is 0.0249. The van der Waals surface area contributed by atoms with Crippen LogP contribution in [-0.4, -0.2) is 31.8 Å². The normalized spacial score (nSPS) is 22.6. The Bertz CT molecular complexity index is 1030. The number of ether oxygens (including phenoxy) is 2. The maximum absolute atomic E-state index is 13.1. The summed E-state index contributed by atoms with van der Waals surface area (Å²) in [4.78, 5) is 38.4. The molecule has 0 bridgehead atoms. The fourth-order valence-electron chi connectivity index (χ4n) is 4.21. The average Bonchev–Trinajstić information content (AvgIpc) is 2.78. The second-order valence-electron chi connectivity index (χ2n) is 7.73. The number of hydrogen-bond acceptors (Lipinski definition) is 5. The molecule has 2 aromatic rings. The van der Waals surface area contributed by atoms with Crippen LogP contribution in [0.15, 0.2) is 60.3 Å². The van der Waals surface area contributed by atoms with Crippen molar-refractivity contribution in [2.75, 3.05) is 19.5 Å². The van der Waals surface area contributed by atoms with Crippen LogP contribution in [0.25, 0.3) is 0 Å². The van der Waals surface area contributed by atoms with Crippen molar-refractivity contribution < 1.29 is 23.9 Å². The van der Waals surface area contributed by atoms with Crippen LogP contribution in [0.1, 0.15) is 24.3 Å². The lowest BCUT2D eigenvalue weighted by Crippen LogP contribution is -2.48. The van der Waals surface area contributed by atoms with Crippen LogP contribution in [-0.2, 0) is 14.4 Å². The molecule has 0 spiro atoms. The van der Waals surface area contributed by atoms with Gasteiger partial charge in [0.25, 0.3) is 0 Å². The Morgan fingerprint density at radius 1 is 0.935 bits per heavy atom. The average molecular weight is 420 g/mol. The van der Waals surface area contributed by atoms with Gasteiger partial charge in [0.15, 0.2) is 0 Å². The molecule has 7 nitrogen and oxygen atoms in total. The molecule has 1 heterocycles. The van der Waals surface area contributed by atoms with Crippen LogP contribution in [0.4, 0.5) is 5.69 Å². The van der Waals surface area contributed by atoms with Crippen LogP contribution >= 0.6 is 0 Å². The van der Waals surface area contributed by atoms with Crippen LogP contribution in [0.5, 0.6) is 11.5 Å². The number of allylic oxidation sites excluding steroid dienone is 2. The number of fused-ring (bicyclic) bond motifs is 1. The van der Waals surface area contributed by atoms with Gasteiger partial charge in [0, 0.05) is 30.1 Å². The highest BCUT2D eigenvalue weighted by Gasteiger charge is 2.44. The van der Waals surface area contributed by atoms with Gasteiger partial charge in [0.1, 0.15) is 17.3 Å². The predicted octanol–water partition coefficient (Wildman–Crippen LogP) is 3.04. The summed E-state index contributed by atoms with van der Waals surface area (Å²) in [6, 6.07) is 14.4. The summed E-state index contributed by atoms with van der Waals surface area (Å²) in [6.07, 6.45) is 2.16. The van der Waals surface area contributed by atoms with Gasteiger partial charge < -0.3 is 20.1 Å². The van der Waals surface area contributed by atoms with E-state index < -0.39 is 11.8 Å². The van der Waals surface area contributed by atoms with Gasteiger partial charge in [-0.1, -0.05) is 18.2 Å². The van der Waals surface area contributed by atoms with E-state index in [2.05, 4.69) is 10.6 Å². The lowest BCUT2D eigenvalue weighted by atomic mass is 9.72. The zero-order valence-corrected chi connectivity index (χ0v) is 17.4. The molecule has 0 aromatic heterocycles. The van der Waals surface area contributed by atoms with Crippen molar-refractivity contribution in [2.45, 2.75) is 18.8 Å². The molecule has 2 N–H and O–H groups in total. The van der Waals surface area contributed by atoms with Gasteiger partial charge in [0.2, 0.25) is 11.8 Å². The van der Waals surface area contributed by atoms with Crippen LogP contribution < -0.4 is 20.1 Å². The highest BCUT2D eigenvalue weighted by molar-refractivity contribution is 6.02. The number of rotatable bonds is 5. The van der Waals surface area contributed by atoms with E-state index in [0.717, 1.165) is 11.3 Å². The number of methoxy groups -OCH3 is 2. The molecule has 1 aliphatic heterocycles. The maximum Gasteiger partial charge on any atom is 0.229 e. The summed E-state index contributed by atoms with van der Waals surface area (Å²) in [5, 5.41) is 5.64. The Morgan fingerprint density at radius 3 is 2.16 bits per heavy atom. The van der Waals surface area contributed by atoms with Crippen LogP contribution in [0.3, 0.4) is 0 Å². The molecule has 1 saturated heterocycles. The van der Waals surface area contributed by atoms with Crippen molar-refractivity contribution in [1.29, 1.82) is 0 Å². The summed E-state index contributed by atoms with van der Waals surface area (Å²) in [5.74, 6) is -0.795. The monoisotopic (exact) mass is 420 g/mol. The van der Waals surface area contributed by atoms with E-state index >= 15 is 0 Å². The maximum atomic E-state index is 13.1. The third kappa shape index (κ3) is 4.30. The molecule has 2 amide bonds. The molecule has 2 aromatic carbocycles. The fourth-order valence-corrected chi connectivity index (χ4v) is 4.21. The summed E-state index contributed by atoms with van der Waals surface area (Å²) in [6.45, 7) is 0. The fraction of sp³-hybridized carbons (Fsp3) is 0.292. The smallest absolute Gasteiger partial charge is 0.229 e. The Morgan fingerprint density at radius 2 is 1.55 bits per heavy atom. The van der Waals surface area contributed by atoms with E-state index in [1.165, 1.54) is 0 Å². The Hall–Kier alpha value is -3.61. The number of ketones is 1. The minimum Gasteiger partial charge on any atom is -0.497 e. The molecule has 3 atom stereocenters. The zero-order chi connectivity index (χ0) is 22.0. The molecule has 160 valence electrons. The van der Waals surface area contributed by atoms with Gasteiger partial charge in [-0.25, -0.2) is 0 Å². The molecule has 31 heavy (non-hydrogen) atoms. The van der Waals surface area contributed by atoms with Crippen LogP contribution in [0, 0.1) is 11.8 Å². The third-order valence-corrected chi connectivity index (χ3v) is 5.81. The number of carbonyl (C=O) groups is 3. The first-order chi connectivity index (χ1) is 15.0. The number of amides is 2. The second kappa shape index (κ2) is 8.63. The first-order valence-corrected chi connectivity index (χ1v) is 10.1. The molecule has 0 saturated carbocycles. The molecular formula is C24H24N2O5. The number of carbonyl (C=O) groups excluding carboxylic acids is 3. The van der Waals surface area contributed by atoms with Crippen molar-refractivity contribution in [3.8, 4) is 11.5 Å². The third-order valence-electron chi connectivity index (χ3n) is 5.81. The van der Waals surface area contributed by atoms with Gasteiger partial charge in [-0.15, -0.1) is 0 Å². The van der Waals surface area contributed by atoms with Crippen LogP contribution in [0.2, 0.25) is 0 Å². The molecule has 4 rings (SSSR count). The topological polar surface area (TPSA) is 93.7 Å². The number of piperidine rings is 1. The number of anilines is 1. The first kappa shape index (κ1) is 20.7. The molecule has 0 unspecified atom stereocenters. The van der Waals surface area contributed by atoms with Gasteiger partial charge in [-0.2, -0.15) is 0 Å². The Kier molecular flexibility index (Phi) is 5.75. The van der Waals surface area contributed by atoms with Gasteiger partial charge in [-0.05, 0) is 42.0 Å². The SMILES string of the molecule is COc1ccc(NC(=O)[C@H]2CC(=O)NC3=C[C@@H](c4ccc(OC)cc4)CC(=O)[C@H]32)cc1. The van der Waals surface area contributed by atoms with Crippen molar-refractivity contribution in [3.05, 3.63) is 65.9 Å². The standard InChI is InChI=1S/C24H24N2O5/c1-30-17-7-3-14(4-8-17)15-11-20-23(21(27)12-15)19(13-22(28)26-20)24(29)25-16-5-9-18(31-2)10-6-16/h3-11,15,19,23H,12-13H2,1-2H3,(H,25,29)(H,26,28)/t15-,19+,23+/m1/s1. The van der Waals surface area contributed by atoms with Crippen molar-refractivity contribution in [2.24, 2.45) is 11.8 Å². The van der Waals surface area contributed by atoms with E-state index in [-0.39, 0.29) is 36.4 Å². The molecule has 7 heteroatoms. The first-order valence-electron chi connectivity index (χ1n) is 10.1. The second-order valence-corrected chi connectivity index (χ2v) is 7.73. The summed E-state index contributed by atoms with van der Waals surface area (Å²) >= 11 is 0. The van der Waals surface area contributed by atoms with Gasteiger partial charge in [-0.3, -0.25) is 14.4 Å². The molecule has 1 fully saturated rings. The molecule has 1 aliphatic carbocycles. The number of benzene rings is 2. The highest BCUT2D eigenvalue weighted by Crippen LogP contribution is 2.39. The Balaban J connectivity index is 1.56. The number of Topliss-reactive ketones (excluding diaryl/α,β-unsaturated/α-hetero) is 1. The summed E-state index contributed by atoms with van der Waals surface area (Å²) in [5.41, 5.74) is 2.06. The lowest BCUT2D eigenvalue weighted by Gasteiger charge is -2.36. The minimum atomic E-state index is -0.744. The van der Waals surface area contributed by atoms with Crippen molar-refractivity contribution in [3.63, 3.8) is 0 Å². The molecule has 0 radical (unpaired) electrons. The largest absolute Gasteiger partial charge is 0.497 e. The Labute approximate surface area is 180 Å². The quantitative estimate of drug-likeness (QED) is 0.776. The highest BCUT2D eigenvalue weighted by atomic mass is 16.5. The lowest BCUT2D eigenvalue weighted by molar-refractivity contribution is -0.136. The van der Waals surface area contributed by atoms with E-state index in [1.54, 1.807) is 38.5 Å². The molecule has 2 aliphatic rings. The van der Waals surface area contributed by atoms with Crippen molar-refractivity contribution >= 4 is 23.3 Å². The van der Waals surface area contributed by atoms with Gasteiger partial charge >= 0.3 is 0 Å². The van der Waals surface area contributed by atoms with E-state index in [1.807, 2.05) is 30.3 Å².